The van der Waals surface area contributed by atoms with Crippen molar-refractivity contribution in [3.63, 3.8) is 0 Å². The third kappa shape index (κ3) is 2.81. The number of ketones is 1. The maximum Gasteiger partial charge on any atom is 0.187 e. The van der Waals surface area contributed by atoms with Gasteiger partial charge >= 0.3 is 0 Å². The third-order valence-corrected chi connectivity index (χ3v) is 7.45. The van der Waals surface area contributed by atoms with Gasteiger partial charge in [-0.2, -0.15) is 0 Å². The van der Waals surface area contributed by atoms with E-state index >= 15 is 0 Å². The van der Waals surface area contributed by atoms with E-state index in [0.717, 1.165) is 54.7 Å². The van der Waals surface area contributed by atoms with Crippen molar-refractivity contribution < 1.29 is 4.79 Å². The maximum atomic E-state index is 13.6. The molecule has 4 saturated carbocycles. The van der Waals surface area contributed by atoms with Gasteiger partial charge in [0, 0.05) is 22.7 Å². The Balaban J connectivity index is 1.53. The van der Waals surface area contributed by atoms with Crippen LogP contribution in [0.2, 0.25) is 0 Å². The third-order valence-electron chi connectivity index (χ3n) is 7.45. The fourth-order valence-corrected chi connectivity index (χ4v) is 6.80. The first-order chi connectivity index (χ1) is 12.9. The van der Waals surface area contributed by atoms with E-state index in [2.05, 4.69) is 30.1 Å². The first-order valence-corrected chi connectivity index (χ1v) is 10.4. The van der Waals surface area contributed by atoms with Crippen LogP contribution in [-0.4, -0.2) is 11.3 Å². The molecular formula is C24H28N2O. The van der Waals surface area contributed by atoms with Gasteiger partial charge in [-0.25, -0.2) is 4.85 Å². The molecule has 1 aliphatic heterocycles. The van der Waals surface area contributed by atoms with Gasteiger partial charge in [0.1, 0.15) is 0 Å². The molecule has 1 N–H and O–H groups in total. The molecule has 6 rings (SSSR count). The minimum absolute atomic E-state index is 0.0831. The first kappa shape index (κ1) is 17.0. The van der Waals surface area contributed by atoms with Gasteiger partial charge in [0.05, 0.1) is 6.57 Å². The molecule has 1 aromatic carbocycles. The van der Waals surface area contributed by atoms with Crippen molar-refractivity contribution in [1.82, 2.24) is 5.32 Å². The Morgan fingerprint density at radius 3 is 2.37 bits per heavy atom. The number of hydrogen-bond donors (Lipinski definition) is 1. The van der Waals surface area contributed by atoms with E-state index in [1.807, 2.05) is 18.2 Å². The number of benzene rings is 1. The number of carbonyl (C=O) groups excluding carboxylic acids is 1. The number of hydrogen-bond acceptors (Lipinski definition) is 2. The van der Waals surface area contributed by atoms with E-state index in [4.69, 9.17) is 6.57 Å². The Labute approximate surface area is 162 Å². The SMILES string of the molecule is [C-]#[N+]c1ccc2c(c1)/C(=C/C(=O)C13CC4CC(CC(C4)C1)C3)NC(C)(C)C2. The van der Waals surface area contributed by atoms with E-state index < -0.39 is 0 Å². The van der Waals surface area contributed by atoms with Crippen LogP contribution in [0.1, 0.15) is 63.5 Å². The molecule has 5 aliphatic rings. The van der Waals surface area contributed by atoms with Crippen molar-refractivity contribution in [2.45, 2.75) is 64.3 Å². The largest absolute Gasteiger partial charge is 0.379 e. The molecule has 4 fully saturated rings. The second kappa shape index (κ2) is 5.71. The second-order valence-electron chi connectivity index (χ2n) is 10.3. The second-order valence-corrected chi connectivity index (χ2v) is 10.3. The van der Waals surface area contributed by atoms with Gasteiger partial charge in [0.25, 0.3) is 0 Å². The summed E-state index contributed by atoms with van der Waals surface area (Å²) in [6.45, 7) is 11.7. The van der Waals surface area contributed by atoms with Crippen LogP contribution < -0.4 is 5.32 Å². The smallest absolute Gasteiger partial charge is 0.187 e. The van der Waals surface area contributed by atoms with Crippen LogP contribution in [0.3, 0.4) is 0 Å². The van der Waals surface area contributed by atoms with Crippen LogP contribution in [0, 0.1) is 29.7 Å². The van der Waals surface area contributed by atoms with Crippen molar-refractivity contribution in [3.8, 4) is 0 Å². The Bertz CT molecular complexity index is 851. The zero-order chi connectivity index (χ0) is 18.8. The summed E-state index contributed by atoms with van der Waals surface area (Å²) < 4.78 is 0. The molecule has 0 aromatic heterocycles. The van der Waals surface area contributed by atoms with E-state index in [1.165, 1.54) is 24.8 Å². The molecule has 3 heteroatoms. The highest BCUT2D eigenvalue weighted by molar-refractivity contribution is 6.01. The molecule has 1 aromatic rings. The lowest BCUT2D eigenvalue weighted by Crippen LogP contribution is -2.50. The van der Waals surface area contributed by atoms with Crippen LogP contribution >= 0.6 is 0 Å². The molecule has 0 unspecified atom stereocenters. The van der Waals surface area contributed by atoms with E-state index in [-0.39, 0.29) is 11.0 Å². The highest BCUT2D eigenvalue weighted by Gasteiger charge is 2.53. The molecule has 0 amide bonds. The Morgan fingerprint density at radius 1 is 1.15 bits per heavy atom. The van der Waals surface area contributed by atoms with Crippen molar-refractivity contribution in [3.05, 3.63) is 46.8 Å². The van der Waals surface area contributed by atoms with Crippen molar-refractivity contribution in [2.24, 2.45) is 23.2 Å². The van der Waals surface area contributed by atoms with Crippen LogP contribution in [0.25, 0.3) is 10.5 Å². The molecule has 4 aliphatic carbocycles. The fraction of sp³-hybridized carbons (Fsp3) is 0.583. The minimum Gasteiger partial charge on any atom is -0.379 e. The van der Waals surface area contributed by atoms with Crippen LogP contribution in [-0.2, 0) is 11.2 Å². The van der Waals surface area contributed by atoms with Crippen molar-refractivity contribution >= 4 is 17.2 Å². The van der Waals surface area contributed by atoms with Gasteiger partial charge in [-0.15, -0.1) is 0 Å². The zero-order valence-corrected chi connectivity index (χ0v) is 16.3. The van der Waals surface area contributed by atoms with Crippen molar-refractivity contribution in [2.75, 3.05) is 0 Å². The molecule has 3 nitrogen and oxygen atoms in total. The molecule has 4 bridgehead atoms. The van der Waals surface area contributed by atoms with Gasteiger partial charge in [-0.1, -0.05) is 12.1 Å². The number of nitrogens with one attached hydrogen (secondary N) is 1. The lowest BCUT2D eigenvalue weighted by Gasteiger charge is -2.55. The highest BCUT2D eigenvalue weighted by atomic mass is 16.1. The first-order valence-electron chi connectivity index (χ1n) is 10.4. The number of carbonyl (C=O) groups is 1. The Kier molecular flexibility index (Phi) is 3.60. The lowest BCUT2D eigenvalue weighted by molar-refractivity contribution is -0.138. The summed E-state index contributed by atoms with van der Waals surface area (Å²) in [6, 6.07) is 5.91. The standard InChI is InChI=1S/C24H28N2O/c1-23(2)14-18-4-5-19(25-3)9-20(18)21(26-23)10-22(27)24-11-15-6-16(12-24)8-17(7-15)13-24/h4-5,9-10,15-17,26H,6-8,11-14H2,1-2H3/b21-10-. The topological polar surface area (TPSA) is 33.5 Å². The van der Waals surface area contributed by atoms with Crippen LogP contribution in [0.5, 0.6) is 0 Å². The molecule has 0 radical (unpaired) electrons. The van der Waals surface area contributed by atoms with E-state index in [9.17, 15) is 4.79 Å². The number of nitrogens with zero attached hydrogens (tertiary/aromatic N) is 1. The fourth-order valence-electron chi connectivity index (χ4n) is 6.80. The molecule has 27 heavy (non-hydrogen) atoms. The van der Waals surface area contributed by atoms with E-state index in [1.54, 1.807) is 0 Å². The number of rotatable bonds is 2. The van der Waals surface area contributed by atoms with Gasteiger partial charge < -0.3 is 5.32 Å². The summed E-state index contributed by atoms with van der Waals surface area (Å²) in [5.41, 5.74) is 3.65. The van der Waals surface area contributed by atoms with Crippen LogP contribution in [0.4, 0.5) is 5.69 Å². The predicted molar refractivity (Wildman–Crippen MR) is 107 cm³/mol. The molecule has 140 valence electrons. The molecule has 0 spiro atoms. The summed E-state index contributed by atoms with van der Waals surface area (Å²) in [7, 11) is 0. The van der Waals surface area contributed by atoms with Gasteiger partial charge in [-0.3, -0.25) is 4.79 Å². The zero-order valence-electron chi connectivity index (χ0n) is 16.3. The Morgan fingerprint density at radius 2 is 1.78 bits per heavy atom. The van der Waals surface area contributed by atoms with Crippen LogP contribution in [0.15, 0.2) is 24.3 Å². The predicted octanol–water partition coefficient (Wildman–Crippen LogP) is 5.29. The highest BCUT2D eigenvalue weighted by Crippen LogP contribution is 2.60. The summed E-state index contributed by atoms with van der Waals surface area (Å²) in [4.78, 5) is 17.2. The van der Waals surface area contributed by atoms with E-state index in [0.29, 0.717) is 11.5 Å². The molecular weight excluding hydrogens is 332 g/mol. The quantitative estimate of drug-likeness (QED) is 0.574. The van der Waals surface area contributed by atoms with Crippen molar-refractivity contribution in [1.29, 1.82) is 0 Å². The van der Waals surface area contributed by atoms with Gasteiger partial charge in [0.15, 0.2) is 11.5 Å². The lowest BCUT2D eigenvalue weighted by atomic mass is 9.48. The average molecular weight is 361 g/mol. The summed E-state index contributed by atoms with van der Waals surface area (Å²) in [6.07, 6.45) is 10.2. The summed E-state index contributed by atoms with van der Waals surface area (Å²) in [5.74, 6) is 2.65. The number of allylic oxidation sites excluding steroid dienone is 1. The van der Waals surface area contributed by atoms with Gasteiger partial charge in [-0.05, 0) is 93.7 Å². The minimum atomic E-state index is -0.109. The summed E-state index contributed by atoms with van der Waals surface area (Å²) in [5, 5.41) is 3.60. The molecule has 0 saturated heterocycles. The van der Waals surface area contributed by atoms with Gasteiger partial charge in [0.2, 0.25) is 0 Å². The monoisotopic (exact) mass is 360 g/mol. The molecule has 1 heterocycles. The number of fused-ring (bicyclic) bond motifs is 1. The average Bonchev–Trinajstić information content (AvgIpc) is 2.59. The maximum absolute atomic E-state index is 13.6. The Hall–Kier alpha value is -2.08. The molecule has 0 atom stereocenters. The normalized spacial score (nSPS) is 36.8. The summed E-state index contributed by atoms with van der Waals surface area (Å²) >= 11 is 0.